The maximum absolute atomic E-state index is 12.6. The van der Waals surface area contributed by atoms with E-state index >= 15 is 0 Å². The Morgan fingerprint density at radius 1 is 1.50 bits per heavy atom. The summed E-state index contributed by atoms with van der Waals surface area (Å²) in [5, 5.41) is 4.24. The van der Waals surface area contributed by atoms with Crippen molar-refractivity contribution < 1.29 is 14.3 Å². The SMILES string of the molecule is CCc1nn(C)c(C(=O)N2CCCC2C(=O)OC)c1N. The molecule has 0 bridgehead atoms. The Morgan fingerprint density at radius 2 is 2.20 bits per heavy atom. The summed E-state index contributed by atoms with van der Waals surface area (Å²) in [6.07, 6.45) is 2.06. The fraction of sp³-hybridized carbons (Fsp3) is 0.615. The van der Waals surface area contributed by atoms with Gasteiger partial charge >= 0.3 is 5.97 Å². The number of hydrogen-bond donors (Lipinski definition) is 1. The second-order valence-corrected chi connectivity index (χ2v) is 4.87. The molecule has 1 unspecified atom stereocenters. The average Bonchev–Trinajstić information content (AvgIpc) is 3.02. The molecule has 2 N–H and O–H groups in total. The van der Waals surface area contributed by atoms with Crippen LogP contribution >= 0.6 is 0 Å². The van der Waals surface area contributed by atoms with E-state index in [-0.39, 0.29) is 11.9 Å². The molecule has 1 aromatic rings. The Bertz CT molecular complexity index is 538. The molecule has 1 saturated heterocycles. The highest BCUT2D eigenvalue weighted by Crippen LogP contribution is 2.25. The molecule has 0 saturated carbocycles. The van der Waals surface area contributed by atoms with Crippen LogP contribution in [0.25, 0.3) is 0 Å². The predicted octanol–water partition coefficient (Wildman–Crippen LogP) is 0.342. The number of aromatic nitrogens is 2. The van der Waals surface area contributed by atoms with E-state index in [4.69, 9.17) is 10.5 Å². The van der Waals surface area contributed by atoms with Gasteiger partial charge in [0.05, 0.1) is 18.5 Å². The van der Waals surface area contributed by atoms with E-state index < -0.39 is 6.04 Å². The molecule has 7 nitrogen and oxygen atoms in total. The lowest BCUT2D eigenvalue weighted by Gasteiger charge is -2.22. The summed E-state index contributed by atoms with van der Waals surface area (Å²) in [5.74, 6) is -0.641. The number of likely N-dealkylation sites (tertiary alicyclic amines) is 1. The molecule has 1 amide bonds. The van der Waals surface area contributed by atoms with Gasteiger partial charge in [-0.3, -0.25) is 9.48 Å². The molecule has 7 heteroatoms. The Balaban J connectivity index is 2.31. The summed E-state index contributed by atoms with van der Waals surface area (Å²) in [5.41, 5.74) is 7.43. The summed E-state index contributed by atoms with van der Waals surface area (Å²) >= 11 is 0. The van der Waals surface area contributed by atoms with E-state index in [1.807, 2.05) is 6.92 Å². The number of nitrogens with two attached hydrogens (primary N) is 1. The second-order valence-electron chi connectivity index (χ2n) is 4.87. The van der Waals surface area contributed by atoms with Crippen molar-refractivity contribution in [3.63, 3.8) is 0 Å². The Kier molecular flexibility index (Phi) is 3.96. The summed E-state index contributed by atoms with van der Waals surface area (Å²) in [6.45, 7) is 2.46. The van der Waals surface area contributed by atoms with E-state index in [0.29, 0.717) is 36.5 Å². The van der Waals surface area contributed by atoms with Crippen LogP contribution in [0.15, 0.2) is 0 Å². The first-order valence-electron chi connectivity index (χ1n) is 6.71. The molecule has 1 atom stereocenters. The van der Waals surface area contributed by atoms with Crippen LogP contribution < -0.4 is 5.73 Å². The molecular formula is C13H20N4O3. The van der Waals surface area contributed by atoms with E-state index in [1.165, 1.54) is 16.7 Å². The van der Waals surface area contributed by atoms with Crippen molar-refractivity contribution in [1.29, 1.82) is 0 Å². The number of carbonyl (C=O) groups is 2. The minimum atomic E-state index is -0.521. The number of amides is 1. The van der Waals surface area contributed by atoms with Gasteiger partial charge in [-0.2, -0.15) is 5.10 Å². The largest absolute Gasteiger partial charge is 0.467 e. The van der Waals surface area contributed by atoms with Gasteiger partial charge in [0.1, 0.15) is 11.7 Å². The molecule has 1 aliphatic heterocycles. The molecule has 1 aromatic heterocycles. The summed E-state index contributed by atoms with van der Waals surface area (Å²) in [4.78, 5) is 25.9. The van der Waals surface area contributed by atoms with E-state index in [0.717, 1.165) is 6.42 Å². The van der Waals surface area contributed by atoms with Crippen LogP contribution in [0.2, 0.25) is 0 Å². The topological polar surface area (TPSA) is 90.5 Å². The van der Waals surface area contributed by atoms with Gasteiger partial charge in [-0.1, -0.05) is 6.92 Å². The molecule has 1 aliphatic rings. The third-order valence-electron chi connectivity index (χ3n) is 3.68. The number of hydrogen-bond acceptors (Lipinski definition) is 5. The van der Waals surface area contributed by atoms with Gasteiger partial charge < -0.3 is 15.4 Å². The molecule has 2 rings (SSSR count). The normalized spacial score (nSPS) is 18.4. The molecule has 1 fully saturated rings. The number of nitrogens with zero attached hydrogens (tertiary/aromatic N) is 3. The molecular weight excluding hydrogens is 260 g/mol. The lowest BCUT2D eigenvalue weighted by molar-refractivity contribution is -0.145. The maximum atomic E-state index is 12.6. The quantitative estimate of drug-likeness (QED) is 0.806. The first-order chi connectivity index (χ1) is 9.51. The number of aryl methyl sites for hydroxylation is 2. The highest BCUT2D eigenvalue weighted by molar-refractivity contribution is 6.00. The fourth-order valence-corrected chi connectivity index (χ4v) is 2.64. The van der Waals surface area contributed by atoms with Crippen molar-refractivity contribution in [2.24, 2.45) is 7.05 Å². The zero-order valence-corrected chi connectivity index (χ0v) is 12.0. The van der Waals surface area contributed by atoms with Crippen LogP contribution in [0.5, 0.6) is 0 Å². The number of rotatable bonds is 3. The molecule has 2 heterocycles. The number of carbonyl (C=O) groups excluding carboxylic acids is 2. The Morgan fingerprint density at radius 3 is 2.75 bits per heavy atom. The third kappa shape index (κ3) is 2.23. The minimum absolute atomic E-state index is 0.259. The number of ether oxygens (including phenoxy) is 1. The van der Waals surface area contributed by atoms with Crippen LogP contribution in [0.4, 0.5) is 5.69 Å². The predicted molar refractivity (Wildman–Crippen MR) is 73.1 cm³/mol. The summed E-state index contributed by atoms with van der Waals surface area (Å²) in [6, 6.07) is -0.521. The van der Waals surface area contributed by atoms with Crippen molar-refractivity contribution in [2.75, 3.05) is 19.4 Å². The van der Waals surface area contributed by atoms with Crippen LogP contribution in [0, 0.1) is 0 Å². The second kappa shape index (κ2) is 5.52. The maximum Gasteiger partial charge on any atom is 0.328 e. The van der Waals surface area contributed by atoms with Crippen LogP contribution in [0.1, 0.15) is 35.9 Å². The van der Waals surface area contributed by atoms with E-state index in [1.54, 1.807) is 7.05 Å². The molecule has 110 valence electrons. The van der Waals surface area contributed by atoms with Gasteiger partial charge in [-0.15, -0.1) is 0 Å². The van der Waals surface area contributed by atoms with Gasteiger partial charge in [-0.05, 0) is 19.3 Å². The summed E-state index contributed by atoms with van der Waals surface area (Å²) in [7, 11) is 3.02. The first kappa shape index (κ1) is 14.4. The lowest BCUT2D eigenvalue weighted by Crippen LogP contribution is -2.42. The number of nitrogen functional groups attached to an aromatic ring is 1. The minimum Gasteiger partial charge on any atom is -0.467 e. The number of esters is 1. The van der Waals surface area contributed by atoms with Crippen molar-refractivity contribution in [3.8, 4) is 0 Å². The molecule has 0 aliphatic carbocycles. The van der Waals surface area contributed by atoms with Crippen molar-refractivity contribution >= 4 is 17.6 Å². The highest BCUT2D eigenvalue weighted by Gasteiger charge is 2.37. The van der Waals surface area contributed by atoms with Gasteiger partial charge in [0.25, 0.3) is 5.91 Å². The van der Waals surface area contributed by atoms with Crippen molar-refractivity contribution in [1.82, 2.24) is 14.7 Å². The summed E-state index contributed by atoms with van der Waals surface area (Å²) < 4.78 is 6.24. The van der Waals surface area contributed by atoms with Gasteiger partial charge in [0, 0.05) is 13.6 Å². The zero-order valence-electron chi connectivity index (χ0n) is 12.0. The monoisotopic (exact) mass is 280 g/mol. The molecule has 0 radical (unpaired) electrons. The van der Waals surface area contributed by atoms with Crippen molar-refractivity contribution in [2.45, 2.75) is 32.2 Å². The smallest absolute Gasteiger partial charge is 0.328 e. The highest BCUT2D eigenvalue weighted by atomic mass is 16.5. The lowest BCUT2D eigenvalue weighted by atomic mass is 10.2. The Labute approximate surface area is 117 Å². The van der Waals surface area contributed by atoms with Gasteiger partial charge in [-0.25, -0.2) is 4.79 Å². The Hall–Kier alpha value is -2.05. The fourth-order valence-electron chi connectivity index (χ4n) is 2.64. The van der Waals surface area contributed by atoms with E-state index in [2.05, 4.69) is 5.10 Å². The molecule has 20 heavy (non-hydrogen) atoms. The van der Waals surface area contributed by atoms with E-state index in [9.17, 15) is 9.59 Å². The third-order valence-corrected chi connectivity index (χ3v) is 3.68. The van der Waals surface area contributed by atoms with Crippen LogP contribution in [-0.4, -0.2) is 46.3 Å². The molecule has 0 aromatic carbocycles. The average molecular weight is 280 g/mol. The standard InChI is InChI=1S/C13H20N4O3/c1-4-8-10(14)11(16(2)15-8)12(18)17-7-5-6-9(17)13(19)20-3/h9H,4-7,14H2,1-3H3. The number of methoxy groups -OCH3 is 1. The van der Waals surface area contributed by atoms with Crippen molar-refractivity contribution in [3.05, 3.63) is 11.4 Å². The number of anilines is 1. The molecule has 0 spiro atoms. The van der Waals surface area contributed by atoms with Crippen LogP contribution in [-0.2, 0) is 23.0 Å². The van der Waals surface area contributed by atoms with Gasteiger partial charge in [0.15, 0.2) is 0 Å². The first-order valence-corrected chi connectivity index (χ1v) is 6.71. The zero-order chi connectivity index (χ0) is 14.9. The van der Waals surface area contributed by atoms with Crippen LogP contribution in [0.3, 0.4) is 0 Å². The van der Waals surface area contributed by atoms with Gasteiger partial charge in [0.2, 0.25) is 0 Å².